The van der Waals surface area contributed by atoms with Crippen LogP contribution in [-0.2, 0) is 6.61 Å². The molecule has 0 aliphatic heterocycles. The number of aromatic hydroxyl groups is 1. The average molecular weight is 434 g/mol. The fraction of sp³-hybridized carbons (Fsp3) is 0.269. The van der Waals surface area contributed by atoms with E-state index in [-0.39, 0.29) is 23.7 Å². The molecule has 0 spiro atoms. The number of ketones is 1. The third-order valence-corrected chi connectivity index (χ3v) is 5.81. The van der Waals surface area contributed by atoms with Crippen molar-refractivity contribution in [2.75, 3.05) is 0 Å². The Hall–Kier alpha value is -3.67. The molecule has 32 heavy (non-hydrogen) atoms. The number of carboxylic acid groups (broad SMARTS) is 1. The van der Waals surface area contributed by atoms with E-state index in [9.17, 15) is 19.8 Å². The van der Waals surface area contributed by atoms with Gasteiger partial charge in [0, 0.05) is 28.9 Å². The molecule has 6 nitrogen and oxygen atoms in total. The Morgan fingerprint density at radius 1 is 1.09 bits per heavy atom. The maximum atomic E-state index is 12.8. The molecule has 0 saturated heterocycles. The van der Waals surface area contributed by atoms with Gasteiger partial charge in [0.05, 0.1) is 11.1 Å². The molecule has 2 aromatic carbocycles. The summed E-state index contributed by atoms with van der Waals surface area (Å²) in [6.45, 7) is 7.59. The molecule has 166 valence electrons. The summed E-state index contributed by atoms with van der Waals surface area (Å²) in [5.41, 5.74) is 2.48. The molecule has 0 bridgehead atoms. The number of carboxylic acids is 1. The van der Waals surface area contributed by atoms with E-state index in [4.69, 9.17) is 4.74 Å². The zero-order valence-corrected chi connectivity index (χ0v) is 18.7. The fourth-order valence-electron chi connectivity index (χ4n) is 3.35. The first-order chi connectivity index (χ1) is 15.2. The monoisotopic (exact) mass is 433 g/mol. The molecule has 0 fully saturated rings. The van der Waals surface area contributed by atoms with Crippen molar-refractivity contribution in [2.45, 2.75) is 40.7 Å². The first-order valence-corrected chi connectivity index (χ1v) is 10.4. The van der Waals surface area contributed by atoms with Crippen molar-refractivity contribution in [3.63, 3.8) is 0 Å². The first-order valence-electron chi connectivity index (χ1n) is 10.4. The average Bonchev–Trinajstić information content (AvgIpc) is 2.79. The van der Waals surface area contributed by atoms with E-state index in [0.717, 1.165) is 11.1 Å². The van der Waals surface area contributed by atoms with Gasteiger partial charge in [0.1, 0.15) is 18.1 Å². The van der Waals surface area contributed by atoms with Crippen LogP contribution >= 0.6 is 0 Å². The third-order valence-electron chi connectivity index (χ3n) is 5.81. The number of carbonyl (C=O) groups is 2. The van der Waals surface area contributed by atoms with E-state index in [1.165, 1.54) is 18.5 Å². The number of pyridine rings is 1. The summed E-state index contributed by atoms with van der Waals surface area (Å²) in [7, 11) is 0. The van der Waals surface area contributed by atoms with Crippen molar-refractivity contribution >= 4 is 11.8 Å². The van der Waals surface area contributed by atoms with E-state index < -0.39 is 11.4 Å². The van der Waals surface area contributed by atoms with Crippen LogP contribution in [0.25, 0.3) is 11.1 Å². The summed E-state index contributed by atoms with van der Waals surface area (Å²) >= 11 is 0. The minimum atomic E-state index is -1.02. The highest BCUT2D eigenvalue weighted by Gasteiger charge is 2.29. The molecule has 0 unspecified atom stereocenters. The second-order valence-corrected chi connectivity index (χ2v) is 8.37. The van der Waals surface area contributed by atoms with Gasteiger partial charge in [0.15, 0.2) is 5.78 Å². The van der Waals surface area contributed by atoms with Gasteiger partial charge >= 0.3 is 5.97 Å². The second kappa shape index (κ2) is 9.22. The van der Waals surface area contributed by atoms with Crippen LogP contribution in [0.15, 0.2) is 54.9 Å². The molecule has 0 aliphatic carbocycles. The number of rotatable bonds is 8. The fourth-order valence-corrected chi connectivity index (χ4v) is 3.35. The maximum Gasteiger partial charge on any atom is 0.336 e. The minimum Gasteiger partial charge on any atom is -0.507 e. The quantitative estimate of drug-likeness (QED) is 0.445. The summed E-state index contributed by atoms with van der Waals surface area (Å²) in [4.78, 5) is 28.3. The van der Waals surface area contributed by atoms with Crippen molar-refractivity contribution in [2.24, 2.45) is 5.41 Å². The predicted molar refractivity (Wildman–Crippen MR) is 122 cm³/mol. The van der Waals surface area contributed by atoms with Crippen LogP contribution in [0.4, 0.5) is 0 Å². The molecule has 2 N–H and O–H groups in total. The van der Waals surface area contributed by atoms with Gasteiger partial charge in [-0.25, -0.2) is 4.79 Å². The molecule has 0 saturated carbocycles. The van der Waals surface area contributed by atoms with Gasteiger partial charge in [-0.2, -0.15) is 0 Å². The molecule has 6 heteroatoms. The Balaban J connectivity index is 1.83. The number of Topliss-reactive ketones (excluding diaryl/α,β-unsaturated/α-hetero) is 1. The van der Waals surface area contributed by atoms with Crippen molar-refractivity contribution in [3.8, 4) is 22.6 Å². The molecule has 0 amide bonds. The number of aromatic nitrogens is 1. The summed E-state index contributed by atoms with van der Waals surface area (Å²) in [6.07, 6.45) is 3.64. The Labute approximate surface area is 187 Å². The lowest BCUT2D eigenvalue weighted by molar-refractivity contribution is 0.0697. The van der Waals surface area contributed by atoms with Crippen LogP contribution in [0.1, 0.15) is 59.0 Å². The zero-order valence-electron chi connectivity index (χ0n) is 18.7. The van der Waals surface area contributed by atoms with E-state index in [2.05, 4.69) is 4.98 Å². The lowest BCUT2D eigenvalue weighted by Gasteiger charge is -2.22. The highest BCUT2D eigenvalue weighted by atomic mass is 16.5. The standard InChI is InChI=1S/C26H27NO5/c1-5-26(3,4)24(29)20-9-10-22(16(2)23(20)28)32-15-17-7-6-8-18(13-17)21-14-27-12-11-19(21)25(30)31/h6-14,28H,5,15H2,1-4H3,(H,30,31). The van der Waals surface area contributed by atoms with Crippen LogP contribution in [0.3, 0.4) is 0 Å². The third kappa shape index (κ3) is 4.64. The van der Waals surface area contributed by atoms with Crippen LogP contribution in [0.5, 0.6) is 11.5 Å². The SMILES string of the molecule is CCC(C)(C)C(=O)c1ccc(OCc2cccc(-c3cnccc3C(=O)O)c2)c(C)c1O. The van der Waals surface area contributed by atoms with Gasteiger partial charge in [0.2, 0.25) is 0 Å². The second-order valence-electron chi connectivity index (χ2n) is 8.37. The van der Waals surface area contributed by atoms with Crippen molar-refractivity contribution in [1.29, 1.82) is 0 Å². The number of carbonyl (C=O) groups excluding carboxylic acids is 1. The number of benzene rings is 2. The number of phenolic OH excluding ortho intramolecular Hbond substituents is 1. The molecular weight excluding hydrogens is 406 g/mol. The van der Waals surface area contributed by atoms with Crippen molar-refractivity contribution in [3.05, 3.63) is 77.1 Å². The first kappa shape index (κ1) is 23.0. The number of phenols is 1. The van der Waals surface area contributed by atoms with Gasteiger partial charge in [-0.15, -0.1) is 0 Å². The number of hydrogen-bond donors (Lipinski definition) is 2. The summed E-state index contributed by atoms with van der Waals surface area (Å²) in [5.74, 6) is -0.711. The van der Waals surface area contributed by atoms with Gasteiger partial charge in [0.25, 0.3) is 0 Å². The molecule has 1 aromatic heterocycles. The topological polar surface area (TPSA) is 96.7 Å². The largest absolute Gasteiger partial charge is 0.507 e. The van der Waals surface area contributed by atoms with Crippen LogP contribution in [-0.4, -0.2) is 26.9 Å². The van der Waals surface area contributed by atoms with Gasteiger partial charge < -0.3 is 14.9 Å². The molecule has 3 rings (SSSR count). The van der Waals surface area contributed by atoms with Crippen molar-refractivity contribution in [1.82, 2.24) is 4.98 Å². The van der Waals surface area contributed by atoms with E-state index in [0.29, 0.717) is 28.9 Å². The number of hydrogen-bond acceptors (Lipinski definition) is 5. The smallest absolute Gasteiger partial charge is 0.336 e. The van der Waals surface area contributed by atoms with Gasteiger partial charge in [-0.3, -0.25) is 9.78 Å². The molecule has 3 aromatic rings. The Morgan fingerprint density at radius 2 is 1.84 bits per heavy atom. The summed E-state index contributed by atoms with van der Waals surface area (Å²) < 4.78 is 5.92. The summed E-state index contributed by atoms with van der Waals surface area (Å²) in [6, 6.07) is 12.1. The Morgan fingerprint density at radius 3 is 2.53 bits per heavy atom. The lowest BCUT2D eigenvalue weighted by Crippen LogP contribution is -2.23. The molecule has 0 atom stereocenters. The van der Waals surface area contributed by atoms with Crippen LogP contribution < -0.4 is 4.74 Å². The van der Waals surface area contributed by atoms with E-state index in [1.54, 1.807) is 19.1 Å². The number of aromatic carboxylic acids is 1. The minimum absolute atomic E-state index is 0.0655. The highest BCUT2D eigenvalue weighted by Crippen LogP contribution is 2.36. The lowest BCUT2D eigenvalue weighted by atomic mass is 9.81. The molecule has 1 heterocycles. The Kier molecular flexibility index (Phi) is 6.63. The maximum absolute atomic E-state index is 12.8. The normalized spacial score (nSPS) is 11.2. The summed E-state index contributed by atoms with van der Waals surface area (Å²) in [5, 5.41) is 20.0. The number of nitrogens with zero attached hydrogens (tertiary/aromatic N) is 1. The highest BCUT2D eigenvalue weighted by molar-refractivity contribution is 6.02. The van der Waals surface area contributed by atoms with Gasteiger partial charge in [-0.1, -0.05) is 39.0 Å². The molecule has 0 aliphatic rings. The van der Waals surface area contributed by atoms with Crippen LogP contribution in [0.2, 0.25) is 0 Å². The van der Waals surface area contributed by atoms with Crippen molar-refractivity contribution < 1.29 is 24.5 Å². The van der Waals surface area contributed by atoms with E-state index in [1.807, 2.05) is 45.0 Å². The molecule has 0 radical (unpaired) electrons. The van der Waals surface area contributed by atoms with E-state index >= 15 is 0 Å². The zero-order chi connectivity index (χ0) is 23.5. The Bertz CT molecular complexity index is 1170. The van der Waals surface area contributed by atoms with Gasteiger partial charge in [-0.05, 0) is 48.7 Å². The van der Waals surface area contributed by atoms with Crippen LogP contribution in [0, 0.1) is 12.3 Å². The predicted octanol–water partition coefficient (Wildman–Crippen LogP) is 5.66. The number of ether oxygens (including phenoxy) is 1. The molecular formula is C26H27NO5.